The van der Waals surface area contributed by atoms with Crippen LogP contribution in [0.1, 0.15) is 57.8 Å². The monoisotopic (exact) mass is 231 g/mol. The zero-order valence-corrected chi connectivity index (χ0v) is 9.98. The first kappa shape index (κ1) is 12.3. The van der Waals surface area contributed by atoms with Gasteiger partial charge in [0.2, 0.25) is 5.92 Å². The van der Waals surface area contributed by atoms with E-state index in [1.165, 1.54) is 25.7 Å². The molecule has 2 rings (SSSR count). The SMILES string of the molecule is NCC1(CC2CCCC2)CCC(F)(F)CC1. The Morgan fingerprint density at radius 3 is 2.06 bits per heavy atom. The highest BCUT2D eigenvalue weighted by molar-refractivity contribution is 4.91. The van der Waals surface area contributed by atoms with Crippen LogP contribution in [0.2, 0.25) is 0 Å². The third kappa shape index (κ3) is 2.73. The summed E-state index contributed by atoms with van der Waals surface area (Å²) in [6.45, 7) is 0.597. The summed E-state index contributed by atoms with van der Waals surface area (Å²) < 4.78 is 26.3. The predicted molar refractivity (Wildman–Crippen MR) is 61.5 cm³/mol. The van der Waals surface area contributed by atoms with E-state index in [1.54, 1.807) is 0 Å². The molecule has 2 aliphatic carbocycles. The molecule has 0 unspecified atom stereocenters. The number of hydrogen-bond donors (Lipinski definition) is 1. The zero-order valence-electron chi connectivity index (χ0n) is 9.98. The Kier molecular flexibility index (Phi) is 3.53. The molecular weight excluding hydrogens is 208 g/mol. The molecular formula is C13H23F2N. The molecule has 0 radical (unpaired) electrons. The lowest BCUT2D eigenvalue weighted by Crippen LogP contribution is -2.39. The van der Waals surface area contributed by atoms with Crippen molar-refractivity contribution in [3.8, 4) is 0 Å². The fraction of sp³-hybridized carbons (Fsp3) is 1.00. The lowest BCUT2D eigenvalue weighted by molar-refractivity contribution is -0.0697. The standard InChI is InChI=1S/C13H23F2N/c14-13(15)7-5-12(10-16,6-8-13)9-11-3-1-2-4-11/h11H,1-10,16H2. The highest BCUT2D eigenvalue weighted by atomic mass is 19.3. The van der Waals surface area contributed by atoms with E-state index in [1.807, 2.05) is 0 Å². The minimum absolute atomic E-state index is 0.0384. The van der Waals surface area contributed by atoms with Crippen molar-refractivity contribution in [1.82, 2.24) is 0 Å². The number of nitrogens with two attached hydrogens (primary N) is 1. The Hall–Kier alpha value is -0.180. The molecule has 0 saturated heterocycles. The summed E-state index contributed by atoms with van der Waals surface area (Å²) >= 11 is 0. The maximum absolute atomic E-state index is 13.2. The summed E-state index contributed by atoms with van der Waals surface area (Å²) in [6.07, 6.45) is 7.69. The molecule has 0 amide bonds. The van der Waals surface area contributed by atoms with E-state index >= 15 is 0 Å². The highest BCUT2D eigenvalue weighted by Crippen LogP contribution is 2.48. The fourth-order valence-corrected chi connectivity index (χ4v) is 3.46. The molecule has 0 spiro atoms. The van der Waals surface area contributed by atoms with E-state index in [9.17, 15) is 8.78 Å². The lowest BCUT2D eigenvalue weighted by Gasteiger charge is -2.41. The van der Waals surface area contributed by atoms with E-state index in [0.717, 1.165) is 12.3 Å². The molecule has 2 aliphatic rings. The van der Waals surface area contributed by atoms with Crippen molar-refractivity contribution < 1.29 is 8.78 Å². The highest BCUT2D eigenvalue weighted by Gasteiger charge is 2.43. The van der Waals surface area contributed by atoms with Crippen LogP contribution in [0.3, 0.4) is 0 Å². The second kappa shape index (κ2) is 4.59. The van der Waals surface area contributed by atoms with Gasteiger partial charge in [-0.25, -0.2) is 8.78 Å². The fourth-order valence-electron chi connectivity index (χ4n) is 3.46. The van der Waals surface area contributed by atoms with Crippen molar-refractivity contribution in [2.75, 3.05) is 6.54 Å². The van der Waals surface area contributed by atoms with Gasteiger partial charge in [-0.3, -0.25) is 0 Å². The van der Waals surface area contributed by atoms with Gasteiger partial charge in [0.25, 0.3) is 0 Å². The number of alkyl halides is 2. The van der Waals surface area contributed by atoms with E-state index in [4.69, 9.17) is 5.73 Å². The number of hydrogen-bond acceptors (Lipinski definition) is 1. The average molecular weight is 231 g/mol. The van der Waals surface area contributed by atoms with Crippen LogP contribution in [0.15, 0.2) is 0 Å². The molecule has 2 fully saturated rings. The second-order valence-electron chi connectivity index (χ2n) is 5.91. The molecule has 16 heavy (non-hydrogen) atoms. The van der Waals surface area contributed by atoms with Gasteiger partial charge in [-0.2, -0.15) is 0 Å². The third-order valence-corrected chi connectivity index (χ3v) is 4.67. The Bertz CT molecular complexity index is 224. The summed E-state index contributed by atoms with van der Waals surface area (Å²) in [5.74, 6) is -1.66. The molecule has 0 aliphatic heterocycles. The smallest absolute Gasteiger partial charge is 0.248 e. The normalized spacial score (nSPS) is 29.4. The van der Waals surface area contributed by atoms with Crippen molar-refractivity contribution >= 4 is 0 Å². The minimum atomic E-state index is -2.42. The van der Waals surface area contributed by atoms with E-state index in [0.29, 0.717) is 19.4 Å². The molecule has 94 valence electrons. The number of halogens is 2. The molecule has 0 aromatic carbocycles. The largest absolute Gasteiger partial charge is 0.330 e. The van der Waals surface area contributed by atoms with Gasteiger partial charge in [0.1, 0.15) is 0 Å². The van der Waals surface area contributed by atoms with Crippen molar-refractivity contribution in [1.29, 1.82) is 0 Å². The van der Waals surface area contributed by atoms with Crippen molar-refractivity contribution in [2.24, 2.45) is 17.1 Å². The molecule has 2 saturated carbocycles. The quantitative estimate of drug-likeness (QED) is 0.787. The van der Waals surface area contributed by atoms with E-state index in [-0.39, 0.29) is 18.3 Å². The lowest BCUT2D eigenvalue weighted by atomic mass is 9.68. The Labute approximate surface area is 96.8 Å². The Morgan fingerprint density at radius 2 is 1.56 bits per heavy atom. The Balaban J connectivity index is 1.92. The molecule has 0 aromatic rings. The van der Waals surface area contributed by atoms with Crippen molar-refractivity contribution in [3.63, 3.8) is 0 Å². The van der Waals surface area contributed by atoms with E-state index < -0.39 is 5.92 Å². The molecule has 1 nitrogen and oxygen atoms in total. The van der Waals surface area contributed by atoms with Crippen LogP contribution in [0.4, 0.5) is 8.78 Å². The summed E-state index contributed by atoms with van der Waals surface area (Å²) in [5, 5.41) is 0. The first-order chi connectivity index (χ1) is 7.55. The minimum Gasteiger partial charge on any atom is -0.330 e. The second-order valence-corrected chi connectivity index (χ2v) is 5.91. The van der Waals surface area contributed by atoms with Crippen LogP contribution in [0.5, 0.6) is 0 Å². The van der Waals surface area contributed by atoms with Crippen LogP contribution in [0, 0.1) is 11.3 Å². The van der Waals surface area contributed by atoms with Gasteiger partial charge in [0.05, 0.1) is 0 Å². The molecule has 0 atom stereocenters. The predicted octanol–water partition coefficient (Wildman–Crippen LogP) is 3.72. The maximum atomic E-state index is 13.2. The average Bonchev–Trinajstić information content (AvgIpc) is 2.74. The van der Waals surface area contributed by atoms with Gasteiger partial charge in [-0.05, 0) is 37.1 Å². The van der Waals surface area contributed by atoms with Gasteiger partial charge < -0.3 is 5.73 Å². The van der Waals surface area contributed by atoms with Gasteiger partial charge >= 0.3 is 0 Å². The number of rotatable bonds is 3. The van der Waals surface area contributed by atoms with Gasteiger partial charge in [0, 0.05) is 12.8 Å². The summed E-state index contributed by atoms with van der Waals surface area (Å²) in [6, 6.07) is 0. The van der Waals surface area contributed by atoms with E-state index in [2.05, 4.69) is 0 Å². The molecule has 3 heteroatoms. The van der Waals surface area contributed by atoms with Crippen LogP contribution in [-0.2, 0) is 0 Å². The van der Waals surface area contributed by atoms with Gasteiger partial charge in [-0.15, -0.1) is 0 Å². The Morgan fingerprint density at radius 1 is 1.00 bits per heavy atom. The van der Waals surface area contributed by atoms with Crippen LogP contribution in [0.25, 0.3) is 0 Å². The van der Waals surface area contributed by atoms with Crippen LogP contribution < -0.4 is 5.73 Å². The summed E-state index contributed by atoms with van der Waals surface area (Å²) in [7, 11) is 0. The zero-order chi connectivity index (χ0) is 11.6. The molecule has 2 N–H and O–H groups in total. The summed E-state index contributed by atoms with van der Waals surface area (Å²) in [5.41, 5.74) is 5.90. The molecule has 0 aromatic heterocycles. The van der Waals surface area contributed by atoms with Gasteiger partial charge in [0.15, 0.2) is 0 Å². The third-order valence-electron chi connectivity index (χ3n) is 4.67. The van der Waals surface area contributed by atoms with Crippen LogP contribution >= 0.6 is 0 Å². The van der Waals surface area contributed by atoms with Crippen molar-refractivity contribution in [2.45, 2.75) is 63.7 Å². The topological polar surface area (TPSA) is 26.0 Å². The first-order valence-corrected chi connectivity index (χ1v) is 6.63. The van der Waals surface area contributed by atoms with Crippen molar-refractivity contribution in [3.05, 3.63) is 0 Å². The molecule has 0 bridgehead atoms. The van der Waals surface area contributed by atoms with Crippen LogP contribution in [-0.4, -0.2) is 12.5 Å². The van der Waals surface area contributed by atoms with Gasteiger partial charge in [-0.1, -0.05) is 25.7 Å². The maximum Gasteiger partial charge on any atom is 0.248 e. The first-order valence-electron chi connectivity index (χ1n) is 6.63. The summed E-state index contributed by atoms with van der Waals surface area (Å²) in [4.78, 5) is 0. The molecule has 0 heterocycles.